The van der Waals surface area contributed by atoms with Crippen LogP contribution < -0.4 is 5.32 Å². The first-order chi connectivity index (χ1) is 8.93. The third-order valence-corrected chi connectivity index (χ3v) is 4.01. The molecule has 18 heavy (non-hydrogen) atoms. The van der Waals surface area contributed by atoms with Gasteiger partial charge in [-0.1, -0.05) is 0 Å². The van der Waals surface area contributed by atoms with Crippen LogP contribution in [0.3, 0.4) is 0 Å². The summed E-state index contributed by atoms with van der Waals surface area (Å²) in [6.45, 7) is 5.59. The number of hydrogen-bond donors (Lipinski definition) is 2. The van der Waals surface area contributed by atoms with Crippen molar-refractivity contribution >= 4 is 22.9 Å². The fourth-order valence-electron chi connectivity index (χ4n) is 2.06. The summed E-state index contributed by atoms with van der Waals surface area (Å²) in [5.74, 6) is 1.05. The average Bonchev–Trinajstić information content (AvgIpc) is 2.89. The van der Waals surface area contributed by atoms with E-state index in [2.05, 4.69) is 30.2 Å². The van der Waals surface area contributed by atoms with Gasteiger partial charge in [0.2, 0.25) is 0 Å². The van der Waals surface area contributed by atoms with Crippen molar-refractivity contribution < 1.29 is 0 Å². The van der Waals surface area contributed by atoms with Crippen LogP contribution in [-0.4, -0.2) is 63.3 Å². The number of hydrogen-bond acceptors (Lipinski definition) is 6. The number of nitrogens with zero attached hydrogens (tertiary/aromatic N) is 4. The van der Waals surface area contributed by atoms with Gasteiger partial charge in [0.1, 0.15) is 16.9 Å². The summed E-state index contributed by atoms with van der Waals surface area (Å²) >= 11 is 1.76. The summed E-state index contributed by atoms with van der Waals surface area (Å²) in [4.78, 5) is 18.1. The Morgan fingerprint density at radius 3 is 3.00 bits per heavy atom. The number of H-pyrrole nitrogens is 1. The van der Waals surface area contributed by atoms with Gasteiger partial charge in [-0.25, -0.2) is 15.0 Å². The smallest absolute Gasteiger partial charge is 0.181 e. The van der Waals surface area contributed by atoms with E-state index in [0.29, 0.717) is 0 Å². The van der Waals surface area contributed by atoms with Crippen molar-refractivity contribution in [2.45, 2.75) is 5.03 Å². The first kappa shape index (κ1) is 11.9. The van der Waals surface area contributed by atoms with Gasteiger partial charge < -0.3 is 10.3 Å². The Morgan fingerprint density at radius 2 is 2.11 bits per heavy atom. The molecule has 0 amide bonds. The lowest BCUT2D eigenvalue weighted by molar-refractivity contribution is 0.255. The lowest BCUT2D eigenvalue weighted by Crippen LogP contribution is -2.44. The summed E-state index contributed by atoms with van der Waals surface area (Å²) < 4.78 is 0. The van der Waals surface area contributed by atoms with E-state index < -0.39 is 0 Å². The first-order valence-electron chi connectivity index (χ1n) is 6.13. The number of aromatic nitrogens is 4. The van der Waals surface area contributed by atoms with Crippen molar-refractivity contribution in [1.82, 2.24) is 30.2 Å². The van der Waals surface area contributed by atoms with E-state index in [9.17, 15) is 0 Å². The van der Waals surface area contributed by atoms with Gasteiger partial charge in [-0.15, -0.1) is 11.8 Å². The molecule has 3 heterocycles. The molecule has 3 rings (SSSR count). The van der Waals surface area contributed by atoms with Crippen LogP contribution in [0.2, 0.25) is 0 Å². The fraction of sp³-hybridized carbons (Fsp3) is 0.545. The summed E-state index contributed by atoms with van der Waals surface area (Å²) in [5.41, 5.74) is 1.69. The maximum atomic E-state index is 4.31. The predicted molar refractivity (Wildman–Crippen MR) is 71.7 cm³/mol. The van der Waals surface area contributed by atoms with Crippen LogP contribution in [0.15, 0.2) is 17.7 Å². The van der Waals surface area contributed by atoms with Crippen molar-refractivity contribution in [2.75, 3.05) is 38.5 Å². The molecule has 2 aromatic rings. The van der Waals surface area contributed by atoms with Crippen molar-refractivity contribution in [1.29, 1.82) is 0 Å². The van der Waals surface area contributed by atoms with Crippen LogP contribution >= 0.6 is 11.8 Å². The molecule has 0 aromatic carbocycles. The van der Waals surface area contributed by atoms with E-state index in [0.717, 1.165) is 54.7 Å². The van der Waals surface area contributed by atoms with Crippen LogP contribution in [0.4, 0.5) is 0 Å². The zero-order valence-corrected chi connectivity index (χ0v) is 10.9. The molecule has 0 spiro atoms. The second kappa shape index (κ2) is 5.64. The van der Waals surface area contributed by atoms with Crippen molar-refractivity contribution in [3.05, 3.63) is 12.7 Å². The number of thioether (sulfide) groups is 1. The van der Waals surface area contributed by atoms with Gasteiger partial charge in [0.05, 0.1) is 6.33 Å². The van der Waals surface area contributed by atoms with Gasteiger partial charge in [-0.2, -0.15) is 0 Å². The highest BCUT2D eigenvalue weighted by Gasteiger charge is 2.10. The molecule has 2 N–H and O–H groups in total. The van der Waals surface area contributed by atoms with Crippen LogP contribution in [0.5, 0.6) is 0 Å². The minimum Gasteiger partial charge on any atom is -0.341 e. The summed E-state index contributed by atoms with van der Waals surface area (Å²) in [5, 5.41) is 4.35. The highest BCUT2D eigenvalue weighted by Crippen LogP contribution is 2.21. The number of imidazole rings is 1. The van der Waals surface area contributed by atoms with Gasteiger partial charge in [0.25, 0.3) is 0 Å². The molecule has 7 heteroatoms. The zero-order chi connectivity index (χ0) is 12.2. The molecule has 0 aliphatic carbocycles. The number of piperazine rings is 1. The molecule has 1 aliphatic heterocycles. The average molecular weight is 264 g/mol. The molecule has 96 valence electrons. The summed E-state index contributed by atoms with van der Waals surface area (Å²) in [7, 11) is 0. The molecular formula is C11H16N6S. The molecule has 0 radical (unpaired) electrons. The molecule has 6 nitrogen and oxygen atoms in total. The molecular weight excluding hydrogens is 248 g/mol. The van der Waals surface area contributed by atoms with E-state index in [1.54, 1.807) is 24.4 Å². The molecule has 0 saturated carbocycles. The third-order valence-electron chi connectivity index (χ3n) is 3.04. The Balaban J connectivity index is 1.57. The molecule has 2 aromatic heterocycles. The van der Waals surface area contributed by atoms with Gasteiger partial charge in [-0.05, 0) is 0 Å². The van der Waals surface area contributed by atoms with Gasteiger partial charge >= 0.3 is 0 Å². The van der Waals surface area contributed by atoms with E-state index in [1.165, 1.54) is 0 Å². The zero-order valence-electron chi connectivity index (χ0n) is 10.1. The van der Waals surface area contributed by atoms with Crippen molar-refractivity contribution in [3.63, 3.8) is 0 Å². The fourth-order valence-corrected chi connectivity index (χ4v) is 3.02. The van der Waals surface area contributed by atoms with Crippen molar-refractivity contribution in [3.8, 4) is 0 Å². The normalized spacial score (nSPS) is 17.3. The lowest BCUT2D eigenvalue weighted by atomic mass is 10.4. The van der Waals surface area contributed by atoms with E-state index >= 15 is 0 Å². The maximum Gasteiger partial charge on any atom is 0.181 e. The standard InChI is InChI=1S/C11H16N6S/c1-3-17(4-2-12-1)5-6-18-11-9-10(14-7-13-9)15-8-16-11/h7-8,12H,1-6H2,(H,13,14,15,16). The Kier molecular flexibility index (Phi) is 3.72. The first-order valence-corrected chi connectivity index (χ1v) is 7.12. The van der Waals surface area contributed by atoms with Crippen LogP contribution in [0.25, 0.3) is 11.2 Å². The monoisotopic (exact) mass is 264 g/mol. The van der Waals surface area contributed by atoms with Crippen LogP contribution in [0.1, 0.15) is 0 Å². The Morgan fingerprint density at radius 1 is 1.22 bits per heavy atom. The molecule has 1 saturated heterocycles. The topological polar surface area (TPSA) is 69.7 Å². The number of aromatic amines is 1. The van der Waals surface area contributed by atoms with E-state index in [-0.39, 0.29) is 0 Å². The highest BCUT2D eigenvalue weighted by molar-refractivity contribution is 7.99. The number of rotatable bonds is 4. The van der Waals surface area contributed by atoms with Crippen molar-refractivity contribution in [2.24, 2.45) is 0 Å². The maximum absolute atomic E-state index is 4.31. The molecule has 1 aliphatic rings. The minimum atomic E-state index is 0.745. The Labute approximate surface area is 110 Å². The molecule has 0 atom stereocenters. The minimum absolute atomic E-state index is 0.745. The van der Waals surface area contributed by atoms with Gasteiger partial charge in [0.15, 0.2) is 5.65 Å². The van der Waals surface area contributed by atoms with E-state index in [1.807, 2.05) is 0 Å². The Hall–Kier alpha value is -1.18. The largest absolute Gasteiger partial charge is 0.341 e. The summed E-state index contributed by atoms with van der Waals surface area (Å²) in [6.07, 6.45) is 3.25. The second-order valence-electron chi connectivity index (χ2n) is 4.22. The molecule has 1 fully saturated rings. The SMILES string of the molecule is c1nc(SCCN2CCNCC2)c2[nH]cnc2n1. The lowest BCUT2D eigenvalue weighted by Gasteiger charge is -2.26. The quantitative estimate of drug-likeness (QED) is 0.613. The molecule has 0 bridgehead atoms. The van der Waals surface area contributed by atoms with Gasteiger partial charge in [0, 0.05) is 38.5 Å². The Bertz CT molecular complexity index is 507. The second-order valence-corrected chi connectivity index (χ2v) is 5.30. The third kappa shape index (κ3) is 2.63. The molecule has 0 unspecified atom stereocenters. The van der Waals surface area contributed by atoms with Crippen LogP contribution in [0, 0.1) is 0 Å². The number of nitrogens with one attached hydrogen (secondary N) is 2. The van der Waals surface area contributed by atoms with Gasteiger partial charge in [-0.3, -0.25) is 4.90 Å². The predicted octanol–water partition coefficient (Wildman–Crippen LogP) is 0.350. The number of fused-ring (bicyclic) bond motifs is 1. The summed E-state index contributed by atoms with van der Waals surface area (Å²) in [6, 6.07) is 0. The highest BCUT2D eigenvalue weighted by atomic mass is 32.2. The van der Waals surface area contributed by atoms with E-state index in [4.69, 9.17) is 0 Å². The van der Waals surface area contributed by atoms with Crippen LogP contribution in [-0.2, 0) is 0 Å².